The summed E-state index contributed by atoms with van der Waals surface area (Å²) in [5, 5.41) is 9.48. The standard InChI is InChI=1S/C16H31N5O.HI/c1-16(2,14(22)17-3)11-19-15(18-4)20-12-7-9-21(10-8-12)13-5-6-13;/h12-13H,5-11H2,1-4H3,(H,17,22)(H2,18,19,20);1H. The van der Waals surface area contributed by atoms with Crippen LogP contribution in [0.2, 0.25) is 0 Å². The number of hydrogen-bond acceptors (Lipinski definition) is 3. The molecule has 0 aromatic carbocycles. The molecular formula is C16H32IN5O. The fourth-order valence-electron chi connectivity index (χ4n) is 2.96. The zero-order valence-electron chi connectivity index (χ0n) is 14.8. The van der Waals surface area contributed by atoms with Crippen LogP contribution in [0.1, 0.15) is 39.5 Å². The van der Waals surface area contributed by atoms with E-state index < -0.39 is 5.41 Å². The topological polar surface area (TPSA) is 68.8 Å². The molecule has 2 fully saturated rings. The Morgan fingerprint density at radius 3 is 2.30 bits per heavy atom. The Kier molecular flexibility index (Phi) is 8.06. The minimum Gasteiger partial charge on any atom is -0.359 e. The van der Waals surface area contributed by atoms with Gasteiger partial charge >= 0.3 is 0 Å². The van der Waals surface area contributed by atoms with Gasteiger partial charge in [-0.3, -0.25) is 9.79 Å². The maximum Gasteiger partial charge on any atom is 0.227 e. The van der Waals surface area contributed by atoms with Crippen molar-refractivity contribution < 1.29 is 4.79 Å². The fourth-order valence-corrected chi connectivity index (χ4v) is 2.96. The molecule has 0 atom stereocenters. The first-order valence-corrected chi connectivity index (χ1v) is 8.39. The number of rotatable bonds is 5. The van der Waals surface area contributed by atoms with Crippen LogP contribution in [0.3, 0.4) is 0 Å². The van der Waals surface area contributed by atoms with E-state index in [1.807, 2.05) is 13.8 Å². The van der Waals surface area contributed by atoms with Gasteiger partial charge in [0.15, 0.2) is 5.96 Å². The lowest BCUT2D eigenvalue weighted by Crippen LogP contribution is -2.52. The summed E-state index contributed by atoms with van der Waals surface area (Å²) in [7, 11) is 3.45. The maximum atomic E-state index is 11.8. The highest BCUT2D eigenvalue weighted by molar-refractivity contribution is 14.0. The Bertz CT molecular complexity index is 415. The zero-order chi connectivity index (χ0) is 16.2. The van der Waals surface area contributed by atoms with E-state index in [0.29, 0.717) is 12.6 Å². The first-order chi connectivity index (χ1) is 10.5. The van der Waals surface area contributed by atoms with Crippen LogP contribution in [0.15, 0.2) is 4.99 Å². The predicted molar refractivity (Wildman–Crippen MR) is 105 cm³/mol. The molecule has 6 nitrogen and oxygen atoms in total. The van der Waals surface area contributed by atoms with Gasteiger partial charge in [0.2, 0.25) is 5.91 Å². The third-order valence-corrected chi connectivity index (χ3v) is 4.70. The van der Waals surface area contributed by atoms with E-state index in [9.17, 15) is 4.79 Å². The van der Waals surface area contributed by atoms with Crippen molar-refractivity contribution in [3.05, 3.63) is 0 Å². The van der Waals surface area contributed by atoms with Crippen molar-refractivity contribution in [2.45, 2.75) is 51.6 Å². The average molecular weight is 437 g/mol. The van der Waals surface area contributed by atoms with Crippen molar-refractivity contribution in [2.24, 2.45) is 10.4 Å². The smallest absolute Gasteiger partial charge is 0.227 e. The molecule has 1 saturated carbocycles. The van der Waals surface area contributed by atoms with Crippen LogP contribution in [-0.2, 0) is 4.79 Å². The zero-order valence-corrected chi connectivity index (χ0v) is 17.1. The number of amides is 1. The lowest BCUT2D eigenvalue weighted by molar-refractivity contribution is -0.128. The summed E-state index contributed by atoms with van der Waals surface area (Å²) in [4.78, 5) is 18.7. The summed E-state index contributed by atoms with van der Waals surface area (Å²) < 4.78 is 0. The number of guanidine groups is 1. The van der Waals surface area contributed by atoms with E-state index in [1.54, 1.807) is 14.1 Å². The van der Waals surface area contributed by atoms with E-state index in [0.717, 1.165) is 24.8 Å². The highest BCUT2D eigenvalue weighted by Gasteiger charge is 2.32. The van der Waals surface area contributed by atoms with Gasteiger partial charge in [0, 0.05) is 45.8 Å². The van der Waals surface area contributed by atoms with Crippen LogP contribution >= 0.6 is 24.0 Å². The van der Waals surface area contributed by atoms with Crippen molar-refractivity contribution >= 4 is 35.8 Å². The minimum atomic E-state index is -0.457. The third kappa shape index (κ3) is 6.10. The highest BCUT2D eigenvalue weighted by atomic mass is 127. The Balaban J connectivity index is 0.00000264. The molecule has 2 aliphatic rings. The number of nitrogens with one attached hydrogen (secondary N) is 3. The number of halogens is 1. The molecule has 1 aliphatic heterocycles. The summed E-state index contributed by atoms with van der Waals surface area (Å²) >= 11 is 0. The van der Waals surface area contributed by atoms with Gasteiger partial charge in [-0.1, -0.05) is 0 Å². The Morgan fingerprint density at radius 1 is 1.22 bits per heavy atom. The molecule has 3 N–H and O–H groups in total. The number of carbonyl (C=O) groups is 1. The van der Waals surface area contributed by atoms with Gasteiger partial charge in [-0.05, 0) is 39.5 Å². The molecular weight excluding hydrogens is 405 g/mol. The normalized spacial score (nSPS) is 20.6. The van der Waals surface area contributed by atoms with Crippen LogP contribution in [0.4, 0.5) is 0 Å². The van der Waals surface area contributed by atoms with Gasteiger partial charge in [0.25, 0.3) is 0 Å². The Labute approximate surface area is 157 Å². The molecule has 23 heavy (non-hydrogen) atoms. The second-order valence-electron chi connectivity index (χ2n) is 7.07. The predicted octanol–water partition coefficient (Wildman–Crippen LogP) is 1.17. The first kappa shape index (κ1) is 20.5. The maximum absolute atomic E-state index is 11.8. The highest BCUT2D eigenvalue weighted by Crippen LogP contribution is 2.29. The number of piperidine rings is 1. The molecule has 1 aliphatic carbocycles. The molecule has 1 heterocycles. The second kappa shape index (κ2) is 9.05. The van der Waals surface area contributed by atoms with Gasteiger partial charge in [0.05, 0.1) is 5.41 Å². The van der Waals surface area contributed by atoms with Crippen molar-refractivity contribution in [2.75, 3.05) is 33.7 Å². The number of hydrogen-bond donors (Lipinski definition) is 3. The van der Waals surface area contributed by atoms with E-state index in [4.69, 9.17) is 0 Å². The molecule has 1 amide bonds. The van der Waals surface area contributed by atoms with Gasteiger partial charge in [-0.15, -0.1) is 24.0 Å². The van der Waals surface area contributed by atoms with Crippen molar-refractivity contribution in [3.8, 4) is 0 Å². The lowest BCUT2D eigenvalue weighted by Gasteiger charge is -2.33. The largest absolute Gasteiger partial charge is 0.359 e. The Hall–Kier alpha value is -0.570. The summed E-state index contributed by atoms with van der Waals surface area (Å²) in [6.45, 7) is 6.79. The summed E-state index contributed by atoms with van der Waals surface area (Å²) in [6.07, 6.45) is 5.10. The van der Waals surface area contributed by atoms with Crippen molar-refractivity contribution in [1.29, 1.82) is 0 Å². The second-order valence-corrected chi connectivity index (χ2v) is 7.07. The van der Waals surface area contributed by atoms with Crippen molar-refractivity contribution in [3.63, 3.8) is 0 Å². The van der Waals surface area contributed by atoms with E-state index in [2.05, 4.69) is 25.8 Å². The molecule has 134 valence electrons. The summed E-state index contributed by atoms with van der Waals surface area (Å²) in [5.41, 5.74) is -0.457. The van der Waals surface area contributed by atoms with Crippen LogP contribution in [0.25, 0.3) is 0 Å². The number of likely N-dealkylation sites (tertiary alicyclic amines) is 1. The van der Waals surface area contributed by atoms with E-state index in [-0.39, 0.29) is 29.9 Å². The summed E-state index contributed by atoms with van der Waals surface area (Å²) in [5.74, 6) is 0.829. The molecule has 0 bridgehead atoms. The van der Waals surface area contributed by atoms with Crippen molar-refractivity contribution in [1.82, 2.24) is 20.9 Å². The molecule has 0 spiro atoms. The number of aliphatic imine (C=N–C) groups is 1. The molecule has 0 radical (unpaired) electrons. The molecule has 1 saturated heterocycles. The number of nitrogens with zero attached hydrogens (tertiary/aromatic N) is 2. The van der Waals surface area contributed by atoms with Gasteiger partial charge < -0.3 is 20.9 Å². The van der Waals surface area contributed by atoms with Gasteiger partial charge in [-0.2, -0.15) is 0 Å². The lowest BCUT2D eigenvalue weighted by atomic mass is 9.92. The van der Waals surface area contributed by atoms with Crippen LogP contribution in [-0.4, -0.2) is 62.6 Å². The van der Waals surface area contributed by atoms with Crippen LogP contribution in [0.5, 0.6) is 0 Å². The SMILES string of the molecule is CN=C(NCC(C)(C)C(=O)NC)NC1CCN(C2CC2)CC1.I. The molecule has 0 unspecified atom stereocenters. The minimum absolute atomic E-state index is 0. The monoisotopic (exact) mass is 437 g/mol. The van der Waals surface area contributed by atoms with Gasteiger partial charge in [0.1, 0.15) is 0 Å². The molecule has 0 aromatic heterocycles. The quantitative estimate of drug-likeness (QED) is 0.343. The van der Waals surface area contributed by atoms with Crippen LogP contribution < -0.4 is 16.0 Å². The van der Waals surface area contributed by atoms with E-state index in [1.165, 1.54) is 25.9 Å². The number of carbonyl (C=O) groups excluding carboxylic acids is 1. The average Bonchev–Trinajstić information content (AvgIpc) is 3.36. The van der Waals surface area contributed by atoms with E-state index >= 15 is 0 Å². The van der Waals surface area contributed by atoms with Gasteiger partial charge in [-0.25, -0.2) is 0 Å². The first-order valence-electron chi connectivity index (χ1n) is 8.39. The fraction of sp³-hybridized carbons (Fsp3) is 0.875. The van der Waals surface area contributed by atoms with Crippen LogP contribution in [0, 0.1) is 5.41 Å². The third-order valence-electron chi connectivity index (χ3n) is 4.70. The molecule has 7 heteroatoms. The molecule has 0 aromatic rings. The Morgan fingerprint density at radius 2 is 1.83 bits per heavy atom. The molecule has 2 rings (SSSR count). The summed E-state index contributed by atoms with van der Waals surface area (Å²) in [6, 6.07) is 1.34.